The summed E-state index contributed by atoms with van der Waals surface area (Å²) >= 11 is 0. The molecule has 1 aromatic carbocycles. The average Bonchev–Trinajstić information content (AvgIpc) is 2.78. The highest BCUT2D eigenvalue weighted by Gasteiger charge is 2.37. The van der Waals surface area contributed by atoms with Crippen molar-refractivity contribution in [2.45, 2.75) is 44.6 Å². The summed E-state index contributed by atoms with van der Waals surface area (Å²) in [5, 5.41) is 3.78. The van der Waals surface area contributed by atoms with Crippen molar-refractivity contribution in [3.05, 3.63) is 41.3 Å². The Kier molecular flexibility index (Phi) is 3.28. The minimum Gasteiger partial charge on any atom is -0.360 e. The van der Waals surface area contributed by atoms with Crippen molar-refractivity contribution in [3.8, 4) is 0 Å². The number of sulfonamides is 1. The molecule has 0 amide bonds. The molecule has 3 rings (SSSR count). The Morgan fingerprint density at radius 3 is 2.67 bits per heavy atom. The van der Waals surface area contributed by atoms with Crippen LogP contribution in [0.5, 0.6) is 0 Å². The molecule has 0 N–H and O–H groups in total. The number of aromatic nitrogens is 1. The number of hydrogen-bond donors (Lipinski definition) is 0. The van der Waals surface area contributed by atoms with Gasteiger partial charge in [-0.15, -0.1) is 0 Å². The van der Waals surface area contributed by atoms with Gasteiger partial charge >= 0.3 is 0 Å². The number of benzene rings is 1. The van der Waals surface area contributed by atoms with Crippen LogP contribution in [0.15, 0.2) is 33.7 Å². The first-order valence-electron chi connectivity index (χ1n) is 6.98. The fourth-order valence-corrected chi connectivity index (χ4v) is 4.99. The lowest BCUT2D eigenvalue weighted by molar-refractivity contribution is 0.390. The summed E-state index contributed by atoms with van der Waals surface area (Å²) in [5.74, 6) is 0.336. The molecule has 0 spiro atoms. The van der Waals surface area contributed by atoms with E-state index in [-0.39, 0.29) is 10.9 Å². The second-order valence-corrected chi connectivity index (χ2v) is 7.22. The van der Waals surface area contributed by atoms with Crippen molar-refractivity contribution in [2.24, 2.45) is 0 Å². The summed E-state index contributed by atoms with van der Waals surface area (Å²) in [7, 11) is -3.67. The van der Waals surface area contributed by atoms with E-state index in [0.717, 1.165) is 24.1 Å². The lowest BCUT2D eigenvalue weighted by atomic mass is 9.99. The summed E-state index contributed by atoms with van der Waals surface area (Å²) in [5.41, 5.74) is 2.23. The second-order valence-electron chi connectivity index (χ2n) is 5.47. The van der Waals surface area contributed by atoms with Gasteiger partial charge in [-0.05, 0) is 45.2 Å². The maximum Gasteiger partial charge on any atom is 0.269 e. The molecule has 0 aliphatic carbocycles. The molecule has 0 bridgehead atoms. The topological polar surface area (TPSA) is 63.4 Å². The Morgan fingerprint density at radius 2 is 2.00 bits per heavy atom. The van der Waals surface area contributed by atoms with Crippen LogP contribution in [-0.2, 0) is 16.4 Å². The van der Waals surface area contributed by atoms with Crippen LogP contribution in [0.25, 0.3) is 0 Å². The van der Waals surface area contributed by atoms with Crippen LogP contribution in [0, 0.1) is 13.8 Å². The molecular formula is C15H18N2O3S. The molecule has 2 heterocycles. The molecule has 0 saturated heterocycles. The van der Waals surface area contributed by atoms with Crippen molar-refractivity contribution < 1.29 is 12.9 Å². The quantitative estimate of drug-likeness (QED) is 0.856. The molecule has 6 heteroatoms. The van der Waals surface area contributed by atoms with E-state index in [2.05, 4.69) is 5.16 Å². The van der Waals surface area contributed by atoms with Crippen LogP contribution < -0.4 is 4.31 Å². The van der Waals surface area contributed by atoms with Crippen molar-refractivity contribution in [1.29, 1.82) is 0 Å². The molecule has 1 aliphatic heterocycles. The molecule has 112 valence electrons. The number of nitrogens with zero attached hydrogens (tertiary/aromatic N) is 2. The van der Waals surface area contributed by atoms with E-state index in [1.165, 1.54) is 4.31 Å². The average molecular weight is 306 g/mol. The normalized spacial score (nSPS) is 18.6. The lowest BCUT2D eigenvalue weighted by Crippen LogP contribution is -2.42. The minimum absolute atomic E-state index is 0.0846. The van der Waals surface area contributed by atoms with Gasteiger partial charge in [0.25, 0.3) is 10.0 Å². The zero-order chi connectivity index (χ0) is 15.2. The maximum absolute atomic E-state index is 13.1. The minimum atomic E-state index is -3.67. The predicted molar refractivity (Wildman–Crippen MR) is 79.9 cm³/mol. The third-order valence-corrected chi connectivity index (χ3v) is 6.12. The van der Waals surface area contributed by atoms with E-state index < -0.39 is 10.0 Å². The first-order chi connectivity index (χ1) is 9.93. The highest BCUT2D eigenvalue weighted by Crippen LogP contribution is 2.36. The maximum atomic E-state index is 13.1. The van der Waals surface area contributed by atoms with Gasteiger partial charge in [0, 0.05) is 6.04 Å². The Hall–Kier alpha value is -1.82. The van der Waals surface area contributed by atoms with Crippen molar-refractivity contribution in [3.63, 3.8) is 0 Å². The van der Waals surface area contributed by atoms with Gasteiger partial charge in [-0.1, -0.05) is 23.4 Å². The van der Waals surface area contributed by atoms with Gasteiger partial charge in [0.2, 0.25) is 0 Å². The van der Waals surface area contributed by atoms with Gasteiger partial charge in [0.05, 0.1) is 5.69 Å². The van der Waals surface area contributed by atoms with Crippen LogP contribution in [-0.4, -0.2) is 19.6 Å². The first kappa shape index (κ1) is 14.1. The Balaban J connectivity index is 2.20. The van der Waals surface area contributed by atoms with Crippen LogP contribution in [0.2, 0.25) is 0 Å². The monoisotopic (exact) mass is 306 g/mol. The highest BCUT2D eigenvalue weighted by molar-refractivity contribution is 7.93. The largest absolute Gasteiger partial charge is 0.360 e. The summed E-state index contributed by atoms with van der Waals surface area (Å²) in [4.78, 5) is 0.186. The van der Waals surface area contributed by atoms with Gasteiger partial charge in [0.15, 0.2) is 10.7 Å². The molecule has 1 atom stereocenters. The number of fused-ring (bicyclic) bond motifs is 1. The molecule has 0 fully saturated rings. The molecular weight excluding hydrogens is 288 g/mol. The Bertz CT molecular complexity index is 760. The third kappa shape index (κ3) is 2.14. The van der Waals surface area contributed by atoms with E-state index in [4.69, 9.17) is 4.52 Å². The van der Waals surface area contributed by atoms with E-state index >= 15 is 0 Å². The van der Waals surface area contributed by atoms with E-state index in [9.17, 15) is 8.42 Å². The van der Waals surface area contributed by atoms with E-state index in [0.29, 0.717) is 11.5 Å². The zero-order valence-electron chi connectivity index (χ0n) is 12.3. The Labute approximate surface area is 124 Å². The lowest BCUT2D eigenvalue weighted by Gasteiger charge is -2.35. The Morgan fingerprint density at radius 1 is 1.29 bits per heavy atom. The van der Waals surface area contributed by atoms with Gasteiger partial charge in [-0.25, -0.2) is 8.42 Å². The summed E-state index contributed by atoms with van der Waals surface area (Å²) in [6.45, 7) is 5.23. The summed E-state index contributed by atoms with van der Waals surface area (Å²) in [6, 6.07) is 7.57. The van der Waals surface area contributed by atoms with Crippen LogP contribution in [0.4, 0.5) is 5.69 Å². The van der Waals surface area contributed by atoms with E-state index in [1.807, 2.05) is 31.2 Å². The standard InChI is InChI=1S/C15H18N2O3S/c1-10-8-9-13-6-4-5-7-14(13)17(10)21(18,19)15-11(2)16-20-12(15)3/h4-7,10H,8-9H2,1-3H3/t10-/m1/s1. The molecule has 0 saturated carbocycles. The summed E-state index contributed by atoms with van der Waals surface area (Å²) < 4.78 is 32.7. The van der Waals surface area contributed by atoms with Crippen LogP contribution in [0.3, 0.4) is 0 Å². The van der Waals surface area contributed by atoms with Gasteiger partial charge < -0.3 is 4.52 Å². The number of para-hydroxylation sites is 1. The molecule has 0 radical (unpaired) electrons. The first-order valence-corrected chi connectivity index (χ1v) is 8.42. The van der Waals surface area contributed by atoms with Gasteiger partial charge in [0.1, 0.15) is 5.69 Å². The molecule has 1 aromatic heterocycles. The zero-order valence-corrected chi connectivity index (χ0v) is 13.1. The predicted octanol–water partition coefficient (Wildman–Crippen LogP) is 2.82. The molecule has 5 nitrogen and oxygen atoms in total. The third-order valence-electron chi connectivity index (χ3n) is 3.95. The molecule has 0 unspecified atom stereocenters. The SMILES string of the molecule is Cc1noc(C)c1S(=O)(=O)N1c2ccccc2CC[C@H]1C. The second kappa shape index (κ2) is 4.87. The van der Waals surface area contributed by atoms with Crippen molar-refractivity contribution in [1.82, 2.24) is 5.16 Å². The summed E-state index contributed by atoms with van der Waals surface area (Å²) in [6.07, 6.45) is 1.70. The molecule has 1 aliphatic rings. The van der Waals surface area contributed by atoms with Crippen LogP contribution in [0.1, 0.15) is 30.4 Å². The molecule has 21 heavy (non-hydrogen) atoms. The number of rotatable bonds is 2. The van der Waals surface area contributed by atoms with Gasteiger partial charge in [-0.3, -0.25) is 4.31 Å². The number of anilines is 1. The smallest absolute Gasteiger partial charge is 0.269 e. The fourth-order valence-electron chi connectivity index (χ4n) is 2.96. The highest BCUT2D eigenvalue weighted by atomic mass is 32.2. The number of hydrogen-bond acceptors (Lipinski definition) is 4. The number of aryl methyl sites for hydroxylation is 3. The van der Waals surface area contributed by atoms with E-state index in [1.54, 1.807) is 13.8 Å². The van der Waals surface area contributed by atoms with Gasteiger partial charge in [-0.2, -0.15) is 0 Å². The van der Waals surface area contributed by atoms with Crippen molar-refractivity contribution in [2.75, 3.05) is 4.31 Å². The fraction of sp³-hybridized carbons (Fsp3) is 0.400. The van der Waals surface area contributed by atoms with Crippen molar-refractivity contribution >= 4 is 15.7 Å². The molecule has 2 aromatic rings. The van der Waals surface area contributed by atoms with Crippen LogP contribution >= 0.6 is 0 Å².